The molecule has 2 atom stereocenters. The molecule has 3 saturated heterocycles. The number of amides is 1. The van der Waals surface area contributed by atoms with Crippen LogP contribution in [-0.2, 0) is 9.53 Å². The van der Waals surface area contributed by atoms with Crippen molar-refractivity contribution in [3.8, 4) is 0 Å². The molecule has 0 radical (unpaired) electrons. The molecular formula is C20H31N5O2. The van der Waals surface area contributed by atoms with Crippen LogP contribution in [0.2, 0.25) is 0 Å². The largest absolute Gasteiger partial charge is 0.379 e. The van der Waals surface area contributed by atoms with E-state index < -0.39 is 0 Å². The minimum absolute atomic E-state index is 0.139. The van der Waals surface area contributed by atoms with Gasteiger partial charge in [0.15, 0.2) is 0 Å². The Morgan fingerprint density at radius 2 is 2.00 bits per heavy atom. The van der Waals surface area contributed by atoms with Crippen LogP contribution >= 0.6 is 0 Å². The number of piperidine rings is 1. The van der Waals surface area contributed by atoms with E-state index in [4.69, 9.17) is 4.74 Å². The molecule has 0 bridgehead atoms. The maximum Gasteiger partial charge on any atom is 0.241 e. The minimum Gasteiger partial charge on any atom is -0.379 e. The van der Waals surface area contributed by atoms with Gasteiger partial charge < -0.3 is 9.64 Å². The topological polar surface area (TPSA) is 69.7 Å². The Balaban J connectivity index is 1.20. The Morgan fingerprint density at radius 1 is 1.19 bits per heavy atom. The summed E-state index contributed by atoms with van der Waals surface area (Å²) in [6.45, 7) is 6.82. The molecule has 0 saturated carbocycles. The van der Waals surface area contributed by atoms with Gasteiger partial charge in [0.05, 0.1) is 13.2 Å². The molecule has 1 aromatic heterocycles. The lowest BCUT2D eigenvalue weighted by molar-refractivity contribution is -0.134. The molecule has 0 aliphatic carbocycles. The number of aromatic nitrogens is 1. The van der Waals surface area contributed by atoms with Crippen LogP contribution in [0.4, 0.5) is 0 Å². The lowest BCUT2D eigenvalue weighted by Gasteiger charge is -2.35. The number of likely N-dealkylation sites (tertiary alicyclic amines) is 1. The molecule has 3 aliphatic heterocycles. The molecule has 0 aromatic carbocycles. The number of hydrazine groups is 1. The third-order valence-electron chi connectivity index (χ3n) is 6.17. The van der Waals surface area contributed by atoms with Crippen molar-refractivity contribution in [3.63, 3.8) is 0 Å². The van der Waals surface area contributed by atoms with Gasteiger partial charge in [-0.25, -0.2) is 10.9 Å². The molecular weight excluding hydrogens is 342 g/mol. The average Bonchev–Trinajstić information content (AvgIpc) is 3.24. The maximum atomic E-state index is 12.9. The Kier molecular flexibility index (Phi) is 6.34. The quantitative estimate of drug-likeness (QED) is 0.801. The molecule has 4 heterocycles. The highest BCUT2D eigenvalue weighted by Crippen LogP contribution is 2.25. The second-order valence-electron chi connectivity index (χ2n) is 7.93. The van der Waals surface area contributed by atoms with Crippen molar-refractivity contribution in [2.24, 2.45) is 5.92 Å². The predicted octanol–water partition coefficient (Wildman–Crippen LogP) is 0.950. The maximum absolute atomic E-state index is 12.9. The molecule has 7 heteroatoms. The Bertz CT molecular complexity index is 600. The summed E-state index contributed by atoms with van der Waals surface area (Å²) in [5.41, 5.74) is 7.58. The first-order valence-electron chi connectivity index (χ1n) is 10.3. The van der Waals surface area contributed by atoms with Crippen molar-refractivity contribution in [1.29, 1.82) is 0 Å². The summed E-state index contributed by atoms with van der Waals surface area (Å²) in [6.07, 6.45) is 7.92. The van der Waals surface area contributed by atoms with E-state index in [-0.39, 0.29) is 18.0 Å². The van der Waals surface area contributed by atoms with Crippen molar-refractivity contribution in [2.45, 2.75) is 37.8 Å². The smallest absolute Gasteiger partial charge is 0.241 e. The van der Waals surface area contributed by atoms with Crippen LogP contribution in [0.3, 0.4) is 0 Å². The molecule has 4 rings (SSSR count). The molecule has 0 spiro atoms. The number of nitrogens with zero attached hydrogens (tertiary/aromatic N) is 3. The van der Waals surface area contributed by atoms with E-state index in [0.29, 0.717) is 0 Å². The van der Waals surface area contributed by atoms with Gasteiger partial charge in [0.2, 0.25) is 5.91 Å². The fourth-order valence-corrected chi connectivity index (χ4v) is 4.37. The SMILES string of the molecule is O=C(C1CC(c2cccnc2)NN1)N1CCC(CCN2CCOCC2)CC1. The highest BCUT2D eigenvalue weighted by atomic mass is 16.5. The van der Waals surface area contributed by atoms with Crippen molar-refractivity contribution < 1.29 is 9.53 Å². The number of hydrogen-bond donors (Lipinski definition) is 2. The highest BCUT2D eigenvalue weighted by molar-refractivity contribution is 5.82. The van der Waals surface area contributed by atoms with E-state index in [9.17, 15) is 4.79 Å². The number of ether oxygens (including phenoxy) is 1. The summed E-state index contributed by atoms with van der Waals surface area (Å²) in [4.78, 5) is 21.6. The Hall–Kier alpha value is -1.54. The molecule has 1 aromatic rings. The Morgan fingerprint density at radius 3 is 2.74 bits per heavy atom. The van der Waals surface area contributed by atoms with E-state index in [1.54, 1.807) is 6.20 Å². The number of hydrogen-bond acceptors (Lipinski definition) is 6. The van der Waals surface area contributed by atoms with Crippen molar-refractivity contribution in [1.82, 2.24) is 25.6 Å². The third-order valence-corrected chi connectivity index (χ3v) is 6.17. The van der Waals surface area contributed by atoms with Crippen molar-refractivity contribution in [3.05, 3.63) is 30.1 Å². The van der Waals surface area contributed by atoms with Gasteiger partial charge in [-0.2, -0.15) is 0 Å². The molecule has 1 amide bonds. The van der Waals surface area contributed by atoms with Crippen LogP contribution < -0.4 is 10.9 Å². The van der Waals surface area contributed by atoms with Gasteiger partial charge in [-0.3, -0.25) is 14.7 Å². The van der Waals surface area contributed by atoms with Gasteiger partial charge in [0, 0.05) is 44.6 Å². The summed E-state index contributed by atoms with van der Waals surface area (Å²) in [5.74, 6) is 0.982. The number of nitrogens with one attached hydrogen (secondary N) is 2. The number of rotatable bonds is 5. The zero-order valence-corrected chi connectivity index (χ0v) is 16.0. The van der Waals surface area contributed by atoms with Crippen molar-refractivity contribution in [2.75, 3.05) is 45.9 Å². The van der Waals surface area contributed by atoms with Gasteiger partial charge in [0.1, 0.15) is 6.04 Å². The monoisotopic (exact) mass is 373 g/mol. The van der Waals surface area contributed by atoms with Crippen molar-refractivity contribution >= 4 is 5.91 Å². The fraction of sp³-hybridized carbons (Fsp3) is 0.700. The van der Waals surface area contributed by atoms with E-state index in [2.05, 4.69) is 31.7 Å². The van der Waals surface area contributed by atoms with Gasteiger partial charge in [-0.15, -0.1) is 0 Å². The third kappa shape index (κ3) is 4.85. The molecule has 2 unspecified atom stereocenters. The molecule has 27 heavy (non-hydrogen) atoms. The van der Waals surface area contributed by atoms with Crippen LogP contribution in [0, 0.1) is 5.92 Å². The Labute approximate surface area is 161 Å². The van der Waals surface area contributed by atoms with Gasteiger partial charge in [0.25, 0.3) is 0 Å². The summed E-state index contributed by atoms with van der Waals surface area (Å²) in [7, 11) is 0. The van der Waals surface area contributed by atoms with E-state index in [1.807, 2.05) is 12.3 Å². The normalized spacial score (nSPS) is 27.8. The average molecular weight is 374 g/mol. The van der Waals surface area contributed by atoms with Crippen LogP contribution in [-0.4, -0.2) is 72.7 Å². The lowest BCUT2D eigenvalue weighted by Crippen LogP contribution is -2.48. The first-order chi connectivity index (χ1) is 13.3. The summed E-state index contributed by atoms with van der Waals surface area (Å²) < 4.78 is 5.42. The first kappa shape index (κ1) is 18.8. The zero-order chi connectivity index (χ0) is 18.5. The second kappa shape index (κ2) is 9.10. The zero-order valence-electron chi connectivity index (χ0n) is 16.0. The van der Waals surface area contributed by atoms with E-state index >= 15 is 0 Å². The summed E-state index contributed by atoms with van der Waals surface area (Å²) >= 11 is 0. The van der Waals surface area contributed by atoms with Crippen LogP contribution in [0.1, 0.15) is 37.3 Å². The van der Waals surface area contributed by atoms with Gasteiger partial charge in [-0.05, 0) is 49.8 Å². The van der Waals surface area contributed by atoms with E-state index in [1.165, 1.54) is 13.0 Å². The number of morpholine rings is 1. The number of pyridine rings is 1. The molecule has 3 aliphatic rings. The lowest BCUT2D eigenvalue weighted by atomic mass is 9.92. The van der Waals surface area contributed by atoms with E-state index in [0.717, 1.165) is 70.1 Å². The summed E-state index contributed by atoms with van der Waals surface area (Å²) in [5, 5.41) is 0. The van der Waals surface area contributed by atoms with Gasteiger partial charge >= 0.3 is 0 Å². The standard InChI is InChI=1S/C20H31N5O2/c26-20(19-14-18(22-23-19)17-2-1-6-21-15-17)25-8-4-16(5-9-25)3-7-24-10-12-27-13-11-24/h1-2,6,15-16,18-19,22-23H,3-5,7-14H2. The second-order valence-corrected chi connectivity index (χ2v) is 7.93. The van der Waals surface area contributed by atoms with Crippen LogP contribution in [0.15, 0.2) is 24.5 Å². The molecule has 148 valence electrons. The fourth-order valence-electron chi connectivity index (χ4n) is 4.37. The number of carbonyl (C=O) groups excluding carboxylic acids is 1. The van der Waals surface area contributed by atoms with Crippen LogP contribution in [0.5, 0.6) is 0 Å². The highest BCUT2D eigenvalue weighted by Gasteiger charge is 2.34. The molecule has 7 nitrogen and oxygen atoms in total. The molecule has 3 fully saturated rings. The predicted molar refractivity (Wildman–Crippen MR) is 103 cm³/mol. The van der Waals surface area contributed by atoms with Crippen LogP contribution in [0.25, 0.3) is 0 Å². The molecule has 2 N–H and O–H groups in total. The number of carbonyl (C=O) groups is 1. The first-order valence-corrected chi connectivity index (χ1v) is 10.3. The van der Waals surface area contributed by atoms with Gasteiger partial charge in [-0.1, -0.05) is 6.07 Å². The minimum atomic E-state index is -0.139. The summed E-state index contributed by atoms with van der Waals surface area (Å²) in [6, 6.07) is 4.01.